The van der Waals surface area contributed by atoms with Crippen molar-refractivity contribution in [1.82, 2.24) is 0 Å². The molecule has 1 spiro atoms. The van der Waals surface area contributed by atoms with Crippen LogP contribution in [-0.2, 0) is 0 Å². The third-order valence-corrected chi connectivity index (χ3v) is 4.85. The minimum atomic E-state index is 0.682. The molecule has 0 radical (unpaired) electrons. The van der Waals surface area contributed by atoms with Crippen molar-refractivity contribution < 1.29 is 0 Å². The minimum Gasteiger partial charge on any atom is -0.0683 e. The van der Waals surface area contributed by atoms with Crippen LogP contribution in [0, 0.1) is 22.7 Å². The highest BCUT2D eigenvalue weighted by Gasteiger charge is 2.61. The van der Waals surface area contributed by atoms with Crippen molar-refractivity contribution in [3.05, 3.63) is 0 Å². The first-order chi connectivity index (χ1) is 6.47. The molecule has 2 rings (SSSR count). The van der Waals surface area contributed by atoms with E-state index in [2.05, 4.69) is 27.7 Å². The summed E-state index contributed by atoms with van der Waals surface area (Å²) in [6.45, 7) is 13.8. The van der Waals surface area contributed by atoms with Gasteiger partial charge in [0.2, 0.25) is 0 Å². The van der Waals surface area contributed by atoms with Crippen molar-refractivity contribution in [1.29, 1.82) is 0 Å². The van der Waals surface area contributed by atoms with Crippen LogP contribution in [0.2, 0.25) is 0 Å². The van der Waals surface area contributed by atoms with Crippen LogP contribution in [0.3, 0.4) is 0 Å². The van der Waals surface area contributed by atoms with E-state index < -0.39 is 0 Å². The molecule has 84 valence electrons. The predicted octanol–water partition coefficient (Wildman–Crippen LogP) is 4.89. The van der Waals surface area contributed by atoms with Crippen molar-refractivity contribution >= 4 is 0 Å². The molecular formula is C14H28. The van der Waals surface area contributed by atoms with E-state index in [4.69, 9.17) is 0 Å². The number of hydrogen-bond acceptors (Lipinski definition) is 0. The minimum absolute atomic E-state index is 0.682. The predicted molar refractivity (Wildman–Crippen MR) is 64.4 cm³/mol. The Bertz CT molecular complexity index is 192. The van der Waals surface area contributed by atoms with Crippen molar-refractivity contribution in [2.45, 2.75) is 67.2 Å². The van der Waals surface area contributed by atoms with Crippen LogP contribution in [0.1, 0.15) is 67.2 Å². The molecule has 2 aliphatic carbocycles. The van der Waals surface area contributed by atoms with Crippen LogP contribution in [0.25, 0.3) is 0 Å². The van der Waals surface area contributed by atoms with Gasteiger partial charge in [0, 0.05) is 0 Å². The summed E-state index contributed by atoms with van der Waals surface area (Å²) in [5.74, 6) is 1.95. The first-order valence-electron chi connectivity index (χ1n) is 6.47. The van der Waals surface area contributed by atoms with Crippen molar-refractivity contribution in [3.63, 3.8) is 0 Å². The molecule has 0 bridgehead atoms. The molecule has 0 heterocycles. The normalized spacial score (nSPS) is 44.1. The van der Waals surface area contributed by atoms with E-state index in [0.29, 0.717) is 5.41 Å². The maximum absolute atomic E-state index is 2.45. The Labute approximate surface area is 90.5 Å². The third kappa shape index (κ3) is 1.85. The fraction of sp³-hybridized carbons (Fsp3) is 1.00. The zero-order valence-corrected chi connectivity index (χ0v) is 11.0. The molecule has 0 N–H and O–H groups in total. The molecule has 0 aromatic rings. The first-order valence-corrected chi connectivity index (χ1v) is 6.47. The Morgan fingerprint density at radius 2 is 1.50 bits per heavy atom. The zero-order chi connectivity index (χ0) is 11.0. The van der Waals surface area contributed by atoms with Crippen molar-refractivity contribution in [3.8, 4) is 0 Å². The van der Waals surface area contributed by atoms with E-state index in [1.165, 1.54) is 25.7 Å². The smallest absolute Gasteiger partial charge is 0.0238 e. The van der Waals surface area contributed by atoms with Crippen LogP contribution < -0.4 is 0 Å². The lowest BCUT2D eigenvalue weighted by atomic mass is 9.71. The quantitative estimate of drug-likeness (QED) is 0.518. The maximum Gasteiger partial charge on any atom is -0.0238 e. The Kier molecular flexibility index (Phi) is 3.33. The summed E-state index contributed by atoms with van der Waals surface area (Å²) in [4.78, 5) is 0. The molecule has 0 aromatic carbocycles. The van der Waals surface area contributed by atoms with Gasteiger partial charge >= 0.3 is 0 Å². The van der Waals surface area contributed by atoms with Crippen LogP contribution in [0.15, 0.2) is 0 Å². The van der Waals surface area contributed by atoms with E-state index in [1.807, 2.05) is 13.8 Å². The SMILES string of the molecule is CC.CC1CCC2(CC1C)CC2(C)C. The maximum atomic E-state index is 2.45. The average Bonchev–Trinajstić information content (AvgIpc) is 2.65. The molecule has 2 saturated carbocycles. The van der Waals surface area contributed by atoms with Gasteiger partial charge in [0.05, 0.1) is 0 Å². The molecule has 2 fully saturated rings. The lowest BCUT2D eigenvalue weighted by Crippen LogP contribution is -2.24. The Morgan fingerprint density at radius 1 is 1.00 bits per heavy atom. The molecule has 2 aliphatic rings. The molecule has 0 saturated heterocycles. The van der Waals surface area contributed by atoms with E-state index in [1.54, 1.807) is 0 Å². The second-order valence-corrected chi connectivity index (χ2v) is 6.04. The van der Waals surface area contributed by atoms with Crippen LogP contribution >= 0.6 is 0 Å². The number of rotatable bonds is 0. The van der Waals surface area contributed by atoms with Crippen LogP contribution in [0.4, 0.5) is 0 Å². The summed E-state index contributed by atoms with van der Waals surface area (Å²) in [6, 6.07) is 0. The molecule has 0 heteroatoms. The monoisotopic (exact) mass is 196 g/mol. The molecule has 0 aromatic heterocycles. The second-order valence-electron chi connectivity index (χ2n) is 6.04. The van der Waals surface area contributed by atoms with Gasteiger partial charge in [-0.05, 0) is 48.3 Å². The van der Waals surface area contributed by atoms with Gasteiger partial charge in [0.15, 0.2) is 0 Å². The standard InChI is InChI=1S/C12H22.C2H6/c1-9-5-6-12(7-10(9)2)8-11(12,3)4;1-2/h9-10H,5-8H2,1-4H3;1-2H3. The van der Waals surface area contributed by atoms with Gasteiger partial charge in [-0.3, -0.25) is 0 Å². The van der Waals surface area contributed by atoms with E-state index >= 15 is 0 Å². The van der Waals surface area contributed by atoms with Gasteiger partial charge in [0.25, 0.3) is 0 Å². The van der Waals surface area contributed by atoms with Gasteiger partial charge < -0.3 is 0 Å². The highest BCUT2D eigenvalue weighted by atomic mass is 14.7. The van der Waals surface area contributed by atoms with E-state index in [0.717, 1.165) is 17.3 Å². The second kappa shape index (κ2) is 3.87. The van der Waals surface area contributed by atoms with Gasteiger partial charge in [-0.15, -0.1) is 0 Å². The first kappa shape index (κ1) is 12.1. The van der Waals surface area contributed by atoms with Crippen LogP contribution in [-0.4, -0.2) is 0 Å². The zero-order valence-electron chi connectivity index (χ0n) is 11.0. The fourth-order valence-electron chi connectivity index (χ4n) is 3.29. The molecular weight excluding hydrogens is 168 g/mol. The molecule has 3 atom stereocenters. The molecule has 3 unspecified atom stereocenters. The Hall–Kier alpha value is 0. The largest absolute Gasteiger partial charge is 0.0683 e. The third-order valence-electron chi connectivity index (χ3n) is 4.85. The summed E-state index contributed by atoms with van der Waals surface area (Å²) in [7, 11) is 0. The van der Waals surface area contributed by atoms with E-state index in [-0.39, 0.29) is 0 Å². The van der Waals surface area contributed by atoms with Gasteiger partial charge in [-0.2, -0.15) is 0 Å². The Morgan fingerprint density at radius 3 is 1.86 bits per heavy atom. The topological polar surface area (TPSA) is 0 Å². The Balaban J connectivity index is 0.000000461. The van der Waals surface area contributed by atoms with Crippen molar-refractivity contribution in [2.24, 2.45) is 22.7 Å². The lowest BCUT2D eigenvalue weighted by Gasteiger charge is -2.34. The van der Waals surface area contributed by atoms with Gasteiger partial charge in [-0.1, -0.05) is 41.5 Å². The molecule has 14 heavy (non-hydrogen) atoms. The fourth-order valence-corrected chi connectivity index (χ4v) is 3.29. The summed E-state index contributed by atoms with van der Waals surface area (Å²) in [6.07, 6.45) is 5.98. The molecule has 0 aliphatic heterocycles. The summed E-state index contributed by atoms with van der Waals surface area (Å²) >= 11 is 0. The van der Waals surface area contributed by atoms with Gasteiger partial charge in [-0.25, -0.2) is 0 Å². The van der Waals surface area contributed by atoms with Crippen LogP contribution in [0.5, 0.6) is 0 Å². The molecule has 0 amide bonds. The summed E-state index contributed by atoms with van der Waals surface area (Å²) in [5, 5.41) is 0. The summed E-state index contributed by atoms with van der Waals surface area (Å²) in [5.41, 5.74) is 1.46. The van der Waals surface area contributed by atoms with Gasteiger partial charge in [0.1, 0.15) is 0 Å². The summed E-state index contributed by atoms with van der Waals surface area (Å²) < 4.78 is 0. The van der Waals surface area contributed by atoms with Crippen molar-refractivity contribution in [2.75, 3.05) is 0 Å². The number of hydrogen-bond donors (Lipinski definition) is 0. The van der Waals surface area contributed by atoms with E-state index in [9.17, 15) is 0 Å². The lowest BCUT2D eigenvalue weighted by molar-refractivity contribution is 0.161. The highest BCUT2D eigenvalue weighted by molar-refractivity contribution is 5.11. The highest BCUT2D eigenvalue weighted by Crippen LogP contribution is 2.71. The molecule has 0 nitrogen and oxygen atoms in total. The average molecular weight is 196 g/mol.